The minimum absolute atomic E-state index is 0.0173. The topological polar surface area (TPSA) is 84.2 Å². The molecule has 7 heteroatoms. The molecule has 0 bridgehead atoms. The first kappa shape index (κ1) is 15.5. The highest BCUT2D eigenvalue weighted by molar-refractivity contribution is 5.59. The molecule has 0 amide bonds. The Hall–Kier alpha value is -1.92. The average molecular weight is 293 g/mol. The van der Waals surface area contributed by atoms with E-state index in [1.165, 1.54) is 6.20 Å². The minimum Gasteiger partial charge on any atom is -0.354 e. The molecule has 0 unspecified atom stereocenters. The Labute approximate surface area is 124 Å². The van der Waals surface area contributed by atoms with Crippen LogP contribution in [0.2, 0.25) is 0 Å². The van der Waals surface area contributed by atoms with Crippen LogP contribution in [0.25, 0.3) is 0 Å². The average Bonchev–Trinajstić information content (AvgIpc) is 2.60. The number of nitro groups is 1. The van der Waals surface area contributed by atoms with Gasteiger partial charge in [-0.3, -0.25) is 10.1 Å². The van der Waals surface area contributed by atoms with Crippen molar-refractivity contribution in [3.63, 3.8) is 0 Å². The van der Waals surface area contributed by atoms with Gasteiger partial charge in [-0.15, -0.1) is 0 Å². The van der Waals surface area contributed by atoms with Crippen LogP contribution >= 0.6 is 0 Å². The predicted molar refractivity (Wildman–Crippen MR) is 82.7 cm³/mol. The van der Waals surface area contributed by atoms with E-state index in [2.05, 4.69) is 29.1 Å². The van der Waals surface area contributed by atoms with E-state index in [0.29, 0.717) is 18.3 Å². The Kier molecular flexibility index (Phi) is 4.59. The molecule has 2 rings (SSSR count). The van der Waals surface area contributed by atoms with Gasteiger partial charge >= 0.3 is 5.69 Å². The number of anilines is 2. The second-order valence-corrected chi connectivity index (χ2v) is 6.19. The molecule has 0 aliphatic carbocycles. The lowest BCUT2D eigenvalue weighted by molar-refractivity contribution is -0.384. The highest BCUT2D eigenvalue weighted by atomic mass is 16.6. The van der Waals surface area contributed by atoms with Gasteiger partial charge in [-0.05, 0) is 31.6 Å². The van der Waals surface area contributed by atoms with Crippen molar-refractivity contribution >= 4 is 17.5 Å². The molecule has 0 radical (unpaired) electrons. The minimum atomic E-state index is -0.402. The largest absolute Gasteiger partial charge is 0.354 e. The van der Waals surface area contributed by atoms with E-state index in [4.69, 9.17) is 0 Å². The first-order valence-corrected chi connectivity index (χ1v) is 7.43. The third kappa shape index (κ3) is 3.80. The molecule has 116 valence electrons. The number of hydrogen-bond donors (Lipinski definition) is 1. The molecular weight excluding hydrogens is 270 g/mol. The van der Waals surface area contributed by atoms with Crippen molar-refractivity contribution in [2.45, 2.75) is 40.0 Å². The van der Waals surface area contributed by atoms with Crippen molar-refractivity contribution in [2.24, 2.45) is 5.41 Å². The summed E-state index contributed by atoms with van der Waals surface area (Å²) in [6.07, 6.45) is 4.45. The van der Waals surface area contributed by atoms with E-state index in [1.54, 1.807) is 0 Å². The summed E-state index contributed by atoms with van der Waals surface area (Å²) >= 11 is 0. The summed E-state index contributed by atoms with van der Waals surface area (Å²) in [6, 6.07) is 0. The van der Waals surface area contributed by atoms with Gasteiger partial charge in [0, 0.05) is 19.6 Å². The van der Waals surface area contributed by atoms with Crippen LogP contribution in [0.5, 0.6) is 0 Å². The van der Waals surface area contributed by atoms with Crippen LogP contribution in [0.3, 0.4) is 0 Å². The van der Waals surface area contributed by atoms with Crippen LogP contribution in [0.1, 0.15) is 40.0 Å². The Morgan fingerprint density at radius 1 is 1.43 bits per heavy atom. The molecule has 1 aromatic rings. The lowest BCUT2D eigenvalue weighted by atomic mass is 9.85. The van der Waals surface area contributed by atoms with Crippen molar-refractivity contribution in [2.75, 3.05) is 29.9 Å². The van der Waals surface area contributed by atoms with Crippen LogP contribution in [0.4, 0.5) is 17.5 Å². The lowest BCUT2D eigenvalue weighted by Gasteiger charge is -2.24. The number of aromatic nitrogens is 2. The van der Waals surface area contributed by atoms with Gasteiger partial charge in [0.2, 0.25) is 11.8 Å². The summed E-state index contributed by atoms with van der Waals surface area (Å²) in [6.45, 7) is 8.70. The van der Waals surface area contributed by atoms with Crippen molar-refractivity contribution in [1.82, 2.24) is 9.97 Å². The van der Waals surface area contributed by atoms with Gasteiger partial charge in [0.1, 0.15) is 6.20 Å². The molecular formula is C14H23N5O2. The third-order valence-electron chi connectivity index (χ3n) is 3.92. The molecule has 0 aromatic carbocycles. The van der Waals surface area contributed by atoms with Crippen molar-refractivity contribution in [3.05, 3.63) is 16.3 Å². The van der Waals surface area contributed by atoms with Crippen LogP contribution in [-0.2, 0) is 0 Å². The Morgan fingerprint density at radius 3 is 2.86 bits per heavy atom. The lowest BCUT2D eigenvalue weighted by Crippen LogP contribution is -2.27. The highest BCUT2D eigenvalue weighted by Crippen LogP contribution is 2.34. The Balaban J connectivity index is 2.31. The molecule has 0 saturated carbocycles. The monoisotopic (exact) mass is 293 g/mol. The second-order valence-electron chi connectivity index (χ2n) is 6.19. The summed E-state index contributed by atoms with van der Waals surface area (Å²) in [5, 5.41) is 14.2. The quantitative estimate of drug-likeness (QED) is 0.678. The molecule has 1 aliphatic heterocycles. The number of hydrogen-bond acceptors (Lipinski definition) is 6. The van der Waals surface area contributed by atoms with Gasteiger partial charge in [-0.2, -0.15) is 4.98 Å². The fraction of sp³-hybridized carbons (Fsp3) is 0.714. The van der Waals surface area contributed by atoms with E-state index in [1.807, 2.05) is 11.8 Å². The smallest absolute Gasteiger partial charge is 0.329 e. The zero-order chi connectivity index (χ0) is 15.5. The SMILES string of the molecule is CCNc1ncc([N+](=O)[O-])c(N2CCCC(C)(C)CC2)n1. The molecule has 0 spiro atoms. The van der Waals surface area contributed by atoms with Crippen molar-refractivity contribution in [1.29, 1.82) is 0 Å². The summed E-state index contributed by atoms with van der Waals surface area (Å²) in [5.41, 5.74) is 0.262. The second kappa shape index (κ2) is 6.24. The predicted octanol–water partition coefficient (Wildman–Crippen LogP) is 2.83. The molecule has 7 nitrogen and oxygen atoms in total. The van der Waals surface area contributed by atoms with Gasteiger partial charge in [0.15, 0.2) is 0 Å². The molecule has 1 aromatic heterocycles. The van der Waals surface area contributed by atoms with E-state index in [-0.39, 0.29) is 11.1 Å². The van der Waals surface area contributed by atoms with E-state index in [0.717, 1.165) is 32.4 Å². The first-order valence-electron chi connectivity index (χ1n) is 7.43. The summed E-state index contributed by atoms with van der Waals surface area (Å²) in [5.74, 6) is 0.880. The van der Waals surface area contributed by atoms with Crippen LogP contribution < -0.4 is 10.2 Å². The standard InChI is InChI=1S/C14H23N5O2/c1-4-15-13-16-10-11(19(20)21)12(17-13)18-8-5-6-14(2,3)7-9-18/h10H,4-9H2,1-3H3,(H,15,16,17). The molecule has 2 heterocycles. The number of nitrogens with zero attached hydrogens (tertiary/aromatic N) is 4. The zero-order valence-electron chi connectivity index (χ0n) is 12.9. The van der Waals surface area contributed by atoms with Gasteiger partial charge in [0.05, 0.1) is 4.92 Å². The highest BCUT2D eigenvalue weighted by Gasteiger charge is 2.28. The molecule has 0 atom stereocenters. The maximum atomic E-state index is 11.2. The number of rotatable bonds is 4. The summed E-state index contributed by atoms with van der Waals surface area (Å²) < 4.78 is 0. The van der Waals surface area contributed by atoms with Crippen molar-refractivity contribution < 1.29 is 4.92 Å². The van der Waals surface area contributed by atoms with Gasteiger partial charge < -0.3 is 10.2 Å². The maximum absolute atomic E-state index is 11.2. The molecule has 1 fully saturated rings. The fourth-order valence-corrected chi connectivity index (χ4v) is 2.61. The van der Waals surface area contributed by atoms with Crippen LogP contribution in [0, 0.1) is 15.5 Å². The molecule has 21 heavy (non-hydrogen) atoms. The molecule has 1 N–H and O–H groups in total. The Morgan fingerprint density at radius 2 is 2.19 bits per heavy atom. The Bertz CT molecular complexity index is 518. The van der Waals surface area contributed by atoms with Gasteiger partial charge in [-0.25, -0.2) is 4.98 Å². The first-order chi connectivity index (χ1) is 9.93. The van der Waals surface area contributed by atoms with Crippen LogP contribution in [0.15, 0.2) is 6.20 Å². The molecule has 1 saturated heterocycles. The zero-order valence-corrected chi connectivity index (χ0v) is 12.9. The van der Waals surface area contributed by atoms with E-state index >= 15 is 0 Å². The summed E-state index contributed by atoms with van der Waals surface area (Å²) in [4.78, 5) is 21.2. The van der Waals surface area contributed by atoms with Gasteiger partial charge in [0.25, 0.3) is 0 Å². The molecule has 1 aliphatic rings. The van der Waals surface area contributed by atoms with Gasteiger partial charge in [-0.1, -0.05) is 13.8 Å². The number of nitrogens with one attached hydrogen (secondary N) is 1. The van der Waals surface area contributed by atoms with E-state index < -0.39 is 4.92 Å². The third-order valence-corrected chi connectivity index (χ3v) is 3.92. The van der Waals surface area contributed by atoms with Crippen molar-refractivity contribution in [3.8, 4) is 0 Å². The fourth-order valence-electron chi connectivity index (χ4n) is 2.61. The summed E-state index contributed by atoms with van der Waals surface area (Å²) in [7, 11) is 0. The van der Waals surface area contributed by atoms with E-state index in [9.17, 15) is 10.1 Å². The maximum Gasteiger partial charge on any atom is 0.329 e. The normalized spacial score (nSPS) is 18.1. The van der Waals surface area contributed by atoms with Crippen LogP contribution in [-0.4, -0.2) is 34.5 Å².